The van der Waals surface area contributed by atoms with Crippen LogP contribution < -0.4 is 10.1 Å². The van der Waals surface area contributed by atoms with Crippen molar-refractivity contribution in [2.24, 2.45) is 0 Å². The van der Waals surface area contributed by atoms with Crippen molar-refractivity contribution in [1.29, 1.82) is 0 Å². The molecule has 0 atom stereocenters. The van der Waals surface area contributed by atoms with E-state index >= 15 is 0 Å². The number of hydrogen-bond acceptors (Lipinski definition) is 5. The molecule has 0 unspecified atom stereocenters. The molecule has 0 saturated carbocycles. The van der Waals surface area contributed by atoms with Gasteiger partial charge in [0.15, 0.2) is 0 Å². The molecule has 2 N–H and O–H groups in total. The third-order valence-electron chi connectivity index (χ3n) is 2.93. The molecule has 1 heterocycles. The Hall–Kier alpha value is -2.08. The summed E-state index contributed by atoms with van der Waals surface area (Å²) < 4.78 is 7.28. The van der Waals surface area contributed by atoms with Crippen molar-refractivity contribution >= 4 is 5.69 Å². The first-order valence-corrected chi connectivity index (χ1v) is 7.28. The van der Waals surface area contributed by atoms with Gasteiger partial charge in [-0.25, -0.2) is 0 Å². The predicted molar refractivity (Wildman–Crippen MR) is 81.3 cm³/mol. The molecular formula is C15H22N4O2. The second-order valence-corrected chi connectivity index (χ2v) is 4.78. The van der Waals surface area contributed by atoms with Crippen molar-refractivity contribution in [2.75, 3.05) is 18.5 Å². The van der Waals surface area contributed by atoms with Gasteiger partial charge in [0.25, 0.3) is 0 Å². The van der Waals surface area contributed by atoms with Crippen molar-refractivity contribution in [3.8, 4) is 5.75 Å². The fourth-order valence-electron chi connectivity index (χ4n) is 1.84. The van der Waals surface area contributed by atoms with Crippen LogP contribution >= 0.6 is 0 Å². The SMILES string of the molecule is CCCOc1ccc(NCc2cn(CCCO)nn2)cc1. The Morgan fingerprint density at radius 3 is 2.81 bits per heavy atom. The van der Waals surface area contributed by atoms with Gasteiger partial charge < -0.3 is 15.2 Å². The summed E-state index contributed by atoms with van der Waals surface area (Å²) in [7, 11) is 0. The van der Waals surface area contributed by atoms with Crippen molar-refractivity contribution < 1.29 is 9.84 Å². The first-order valence-electron chi connectivity index (χ1n) is 7.28. The molecule has 0 aliphatic heterocycles. The van der Waals surface area contributed by atoms with Crippen LogP contribution in [0.4, 0.5) is 5.69 Å². The van der Waals surface area contributed by atoms with E-state index in [-0.39, 0.29) is 6.61 Å². The number of ether oxygens (including phenoxy) is 1. The maximum Gasteiger partial charge on any atom is 0.119 e. The van der Waals surface area contributed by atoms with Gasteiger partial charge in [0.1, 0.15) is 11.4 Å². The Labute approximate surface area is 124 Å². The van der Waals surface area contributed by atoms with Crippen molar-refractivity contribution in [2.45, 2.75) is 32.9 Å². The zero-order valence-electron chi connectivity index (χ0n) is 12.3. The monoisotopic (exact) mass is 290 g/mol. The highest BCUT2D eigenvalue weighted by Crippen LogP contribution is 2.16. The van der Waals surface area contributed by atoms with E-state index in [4.69, 9.17) is 9.84 Å². The van der Waals surface area contributed by atoms with Crippen LogP contribution in [-0.4, -0.2) is 33.3 Å². The molecule has 0 spiro atoms. The first-order chi connectivity index (χ1) is 10.3. The molecule has 21 heavy (non-hydrogen) atoms. The minimum Gasteiger partial charge on any atom is -0.494 e. The van der Waals surface area contributed by atoms with E-state index < -0.39 is 0 Å². The lowest BCUT2D eigenvalue weighted by atomic mass is 10.3. The van der Waals surface area contributed by atoms with Gasteiger partial charge in [-0.05, 0) is 37.1 Å². The third-order valence-corrected chi connectivity index (χ3v) is 2.93. The normalized spacial score (nSPS) is 10.6. The maximum atomic E-state index is 8.78. The average molecular weight is 290 g/mol. The molecule has 0 fully saturated rings. The Morgan fingerprint density at radius 2 is 2.10 bits per heavy atom. The van der Waals surface area contributed by atoms with Crippen LogP contribution in [-0.2, 0) is 13.1 Å². The molecule has 1 aromatic carbocycles. The lowest BCUT2D eigenvalue weighted by Gasteiger charge is -2.07. The first kappa shape index (κ1) is 15.3. The molecule has 114 valence electrons. The Balaban J connectivity index is 1.80. The van der Waals surface area contributed by atoms with E-state index in [1.807, 2.05) is 30.5 Å². The molecule has 0 saturated heterocycles. The zero-order valence-corrected chi connectivity index (χ0v) is 12.3. The Kier molecular flexibility index (Phi) is 6.02. The van der Waals surface area contributed by atoms with E-state index in [0.717, 1.165) is 30.2 Å². The van der Waals surface area contributed by atoms with Crippen molar-refractivity contribution in [3.05, 3.63) is 36.2 Å². The van der Waals surface area contributed by atoms with Gasteiger partial charge in [0, 0.05) is 18.8 Å². The van der Waals surface area contributed by atoms with E-state index in [9.17, 15) is 0 Å². The number of nitrogens with zero attached hydrogens (tertiary/aromatic N) is 3. The largest absolute Gasteiger partial charge is 0.494 e. The fourth-order valence-corrected chi connectivity index (χ4v) is 1.84. The van der Waals surface area contributed by atoms with Gasteiger partial charge in [0.05, 0.1) is 19.3 Å². The number of aliphatic hydroxyl groups excluding tert-OH is 1. The van der Waals surface area contributed by atoms with Crippen molar-refractivity contribution in [3.63, 3.8) is 0 Å². The van der Waals surface area contributed by atoms with E-state index in [0.29, 0.717) is 19.5 Å². The molecule has 6 heteroatoms. The second-order valence-electron chi connectivity index (χ2n) is 4.78. The summed E-state index contributed by atoms with van der Waals surface area (Å²) in [6.07, 6.45) is 3.59. The average Bonchev–Trinajstić information content (AvgIpc) is 2.98. The summed E-state index contributed by atoms with van der Waals surface area (Å²) in [6.45, 7) is 4.30. The Morgan fingerprint density at radius 1 is 1.29 bits per heavy atom. The fraction of sp³-hybridized carbons (Fsp3) is 0.467. The molecule has 0 aliphatic rings. The minimum absolute atomic E-state index is 0.167. The summed E-state index contributed by atoms with van der Waals surface area (Å²) in [6, 6.07) is 7.88. The van der Waals surface area contributed by atoms with Crippen LogP contribution in [0, 0.1) is 0 Å². The highest BCUT2D eigenvalue weighted by Gasteiger charge is 2.01. The summed E-state index contributed by atoms with van der Waals surface area (Å²) in [4.78, 5) is 0. The number of aromatic nitrogens is 3. The van der Waals surface area contributed by atoms with E-state index in [2.05, 4.69) is 22.6 Å². The molecule has 1 aromatic heterocycles. The molecule has 0 aliphatic carbocycles. The predicted octanol–water partition coefficient (Wildman–Crippen LogP) is 2.06. The van der Waals surface area contributed by atoms with Gasteiger partial charge in [-0.1, -0.05) is 12.1 Å². The summed E-state index contributed by atoms with van der Waals surface area (Å²) in [5.74, 6) is 0.886. The molecular weight excluding hydrogens is 268 g/mol. The summed E-state index contributed by atoms with van der Waals surface area (Å²) >= 11 is 0. The number of rotatable bonds is 9. The molecule has 0 bridgehead atoms. The lowest BCUT2D eigenvalue weighted by Crippen LogP contribution is -2.01. The number of anilines is 1. The van der Waals surface area contributed by atoms with Crippen LogP contribution in [0.15, 0.2) is 30.5 Å². The third kappa shape index (κ3) is 5.07. The maximum absolute atomic E-state index is 8.78. The van der Waals surface area contributed by atoms with Gasteiger partial charge in [0.2, 0.25) is 0 Å². The standard InChI is InChI=1S/C15H22N4O2/c1-2-10-21-15-6-4-13(5-7-15)16-11-14-12-19(18-17-14)8-3-9-20/h4-7,12,16,20H,2-3,8-11H2,1H3. The van der Waals surface area contributed by atoms with E-state index in [1.54, 1.807) is 4.68 Å². The van der Waals surface area contributed by atoms with Crippen molar-refractivity contribution in [1.82, 2.24) is 15.0 Å². The molecule has 2 aromatic rings. The summed E-state index contributed by atoms with van der Waals surface area (Å²) in [5, 5.41) is 20.2. The topological polar surface area (TPSA) is 72.2 Å². The quantitative estimate of drug-likeness (QED) is 0.739. The Bertz CT molecular complexity index is 525. The minimum atomic E-state index is 0.167. The van der Waals surface area contributed by atoms with E-state index in [1.165, 1.54) is 0 Å². The number of nitrogens with one attached hydrogen (secondary N) is 1. The van der Waals surface area contributed by atoms with Crippen LogP contribution in [0.2, 0.25) is 0 Å². The molecule has 0 amide bonds. The van der Waals surface area contributed by atoms with Gasteiger partial charge in [-0.2, -0.15) is 0 Å². The van der Waals surface area contributed by atoms with Crippen LogP contribution in [0.3, 0.4) is 0 Å². The lowest BCUT2D eigenvalue weighted by molar-refractivity contribution is 0.276. The van der Waals surface area contributed by atoms with Gasteiger partial charge in [-0.15, -0.1) is 5.10 Å². The summed E-state index contributed by atoms with van der Waals surface area (Å²) in [5.41, 5.74) is 1.89. The molecule has 0 radical (unpaired) electrons. The number of aryl methyl sites for hydroxylation is 1. The molecule has 6 nitrogen and oxygen atoms in total. The van der Waals surface area contributed by atoms with Crippen LogP contribution in [0.5, 0.6) is 5.75 Å². The smallest absolute Gasteiger partial charge is 0.119 e. The zero-order chi connectivity index (χ0) is 14.9. The number of hydrogen-bond donors (Lipinski definition) is 2. The highest BCUT2D eigenvalue weighted by molar-refractivity contribution is 5.46. The second kappa shape index (κ2) is 8.26. The highest BCUT2D eigenvalue weighted by atomic mass is 16.5. The van der Waals surface area contributed by atoms with Gasteiger partial charge >= 0.3 is 0 Å². The van der Waals surface area contributed by atoms with Crippen LogP contribution in [0.1, 0.15) is 25.5 Å². The van der Waals surface area contributed by atoms with Gasteiger partial charge in [-0.3, -0.25) is 4.68 Å². The number of aliphatic hydroxyl groups is 1. The van der Waals surface area contributed by atoms with Crippen LogP contribution in [0.25, 0.3) is 0 Å². The number of benzene rings is 1. The molecule has 2 rings (SSSR count).